The van der Waals surface area contributed by atoms with Gasteiger partial charge in [-0.25, -0.2) is 9.97 Å². The summed E-state index contributed by atoms with van der Waals surface area (Å²) in [6.07, 6.45) is 10.1. The van der Waals surface area contributed by atoms with Crippen molar-refractivity contribution in [2.24, 2.45) is 0 Å². The van der Waals surface area contributed by atoms with E-state index in [1.165, 1.54) is 23.4 Å². The first-order valence-electron chi connectivity index (χ1n) is 6.81. The fraction of sp³-hybridized carbons (Fsp3) is 0.357. The fourth-order valence-corrected chi connectivity index (χ4v) is 3.61. The smallest absolute Gasteiger partial charge is 0.233 e. The predicted molar refractivity (Wildman–Crippen MR) is 77.5 cm³/mol. The van der Waals surface area contributed by atoms with Crippen molar-refractivity contribution in [3.8, 4) is 0 Å². The first-order chi connectivity index (χ1) is 9.92. The highest BCUT2D eigenvalue weighted by Gasteiger charge is 2.28. The Morgan fingerprint density at radius 2 is 2.25 bits per heavy atom. The number of aromatic nitrogens is 4. The van der Waals surface area contributed by atoms with E-state index < -0.39 is 0 Å². The molecule has 0 unspecified atom stereocenters. The highest BCUT2D eigenvalue weighted by Crippen LogP contribution is 2.33. The van der Waals surface area contributed by atoms with Crippen LogP contribution in [-0.2, 0) is 6.54 Å². The van der Waals surface area contributed by atoms with E-state index in [0.717, 1.165) is 18.9 Å². The van der Waals surface area contributed by atoms with E-state index in [1.807, 2.05) is 30.3 Å². The molecule has 20 heavy (non-hydrogen) atoms. The molecular weight excluding hydrogens is 270 g/mol. The lowest BCUT2D eigenvalue weighted by Crippen LogP contribution is -2.23. The van der Waals surface area contributed by atoms with Gasteiger partial charge in [0.1, 0.15) is 0 Å². The minimum absolute atomic E-state index is 0.441. The second-order valence-corrected chi connectivity index (χ2v) is 6.03. The second-order valence-electron chi connectivity index (χ2n) is 5.06. The Morgan fingerprint density at radius 3 is 3.15 bits per heavy atom. The van der Waals surface area contributed by atoms with Crippen LogP contribution in [0.15, 0.2) is 36.4 Å². The van der Waals surface area contributed by atoms with Crippen LogP contribution in [0.4, 0.5) is 0 Å². The molecular formula is C14H15N5S. The van der Waals surface area contributed by atoms with Crippen molar-refractivity contribution in [3.05, 3.63) is 46.9 Å². The number of fused-ring (bicyclic) bond motifs is 1. The summed E-state index contributed by atoms with van der Waals surface area (Å²) in [5, 5.41) is 0. The summed E-state index contributed by atoms with van der Waals surface area (Å²) in [4.78, 5) is 16.6. The number of hydrogen-bond acceptors (Lipinski definition) is 5. The Hall–Kier alpha value is -1.79. The molecule has 4 rings (SSSR count). The Bertz CT molecular complexity index is 705. The van der Waals surface area contributed by atoms with Crippen molar-refractivity contribution in [1.29, 1.82) is 0 Å². The lowest BCUT2D eigenvalue weighted by molar-refractivity contribution is 0.245. The summed E-state index contributed by atoms with van der Waals surface area (Å²) < 4.78 is 2.11. The van der Waals surface area contributed by atoms with Crippen LogP contribution >= 0.6 is 11.3 Å². The number of thiazole rings is 1. The highest BCUT2D eigenvalue weighted by atomic mass is 32.1. The standard InChI is InChI=1S/C14H15N5S/c1-2-12(18(6-1)9-11-8-15-10-20-11)13-3-4-16-14-17-5-7-19(13)14/h3-5,7-8,10,12H,1-2,6,9H2/t12-/m0/s1. The van der Waals surface area contributed by atoms with Crippen LogP contribution < -0.4 is 0 Å². The molecule has 3 aromatic heterocycles. The molecule has 0 spiro atoms. The fourth-order valence-electron chi connectivity index (χ4n) is 3.00. The molecule has 4 heterocycles. The Kier molecular flexibility index (Phi) is 2.97. The third kappa shape index (κ3) is 2.01. The van der Waals surface area contributed by atoms with Gasteiger partial charge in [0.15, 0.2) is 0 Å². The summed E-state index contributed by atoms with van der Waals surface area (Å²) in [5.41, 5.74) is 3.19. The third-order valence-electron chi connectivity index (χ3n) is 3.88. The van der Waals surface area contributed by atoms with Gasteiger partial charge in [-0.2, -0.15) is 0 Å². The van der Waals surface area contributed by atoms with Gasteiger partial charge < -0.3 is 0 Å². The van der Waals surface area contributed by atoms with Crippen LogP contribution in [0, 0.1) is 0 Å². The summed E-state index contributed by atoms with van der Waals surface area (Å²) in [5.74, 6) is 0.784. The van der Waals surface area contributed by atoms with Gasteiger partial charge in [0.2, 0.25) is 5.78 Å². The number of nitrogens with zero attached hydrogens (tertiary/aromatic N) is 5. The molecule has 0 aromatic carbocycles. The van der Waals surface area contributed by atoms with Gasteiger partial charge in [-0.15, -0.1) is 11.3 Å². The number of rotatable bonds is 3. The van der Waals surface area contributed by atoms with Gasteiger partial charge in [-0.1, -0.05) is 0 Å². The average Bonchev–Trinajstić information content (AvgIpc) is 3.19. The molecule has 5 nitrogen and oxygen atoms in total. The topological polar surface area (TPSA) is 46.3 Å². The highest BCUT2D eigenvalue weighted by molar-refractivity contribution is 7.09. The van der Waals surface area contributed by atoms with E-state index in [2.05, 4.69) is 30.3 Å². The molecule has 0 radical (unpaired) electrons. The van der Waals surface area contributed by atoms with Crippen molar-refractivity contribution in [1.82, 2.24) is 24.3 Å². The number of hydrogen-bond donors (Lipinski definition) is 0. The molecule has 0 N–H and O–H groups in total. The SMILES string of the molecule is c1cc([C@@H]2CCCN2Cc2cncs2)n2ccnc2n1. The Morgan fingerprint density at radius 1 is 1.30 bits per heavy atom. The predicted octanol–water partition coefficient (Wildman–Crippen LogP) is 2.52. The quantitative estimate of drug-likeness (QED) is 0.742. The number of imidazole rings is 1. The Balaban J connectivity index is 1.68. The van der Waals surface area contributed by atoms with Crippen LogP contribution in [0.3, 0.4) is 0 Å². The van der Waals surface area contributed by atoms with Crippen LogP contribution in [0.25, 0.3) is 5.78 Å². The molecule has 0 bridgehead atoms. The normalized spacial score (nSPS) is 19.9. The zero-order valence-corrected chi connectivity index (χ0v) is 11.8. The van der Waals surface area contributed by atoms with E-state index >= 15 is 0 Å². The molecule has 0 amide bonds. The van der Waals surface area contributed by atoms with E-state index in [9.17, 15) is 0 Å². The molecule has 1 saturated heterocycles. The molecule has 1 aliphatic rings. The third-order valence-corrected chi connectivity index (χ3v) is 4.65. The molecule has 0 aliphatic carbocycles. The van der Waals surface area contributed by atoms with Crippen molar-refractivity contribution < 1.29 is 0 Å². The van der Waals surface area contributed by atoms with Gasteiger partial charge in [0.05, 0.1) is 11.6 Å². The zero-order valence-electron chi connectivity index (χ0n) is 11.0. The summed E-state index contributed by atoms with van der Waals surface area (Å²) in [7, 11) is 0. The second kappa shape index (κ2) is 4.96. The monoisotopic (exact) mass is 285 g/mol. The molecule has 0 saturated carbocycles. The van der Waals surface area contributed by atoms with Gasteiger partial charge in [0, 0.05) is 41.9 Å². The Labute approximate surface area is 120 Å². The minimum Gasteiger partial charge on any atom is -0.290 e. The molecule has 1 atom stereocenters. The maximum atomic E-state index is 4.30. The van der Waals surface area contributed by atoms with E-state index in [0.29, 0.717) is 6.04 Å². The van der Waals surface area contributed by atoms with Crippen molar-refractivity contribution >= 4 is 17.1 Å². The van der Waals surface area contributed by atoms with E-state index in [4.69, 9.17) is 0 Å². The van der Waals surface area contributed by atoms with Crippen LogP contribution in [0.1, 0.15) is 29.5 Å². The lowest BCUT2D eigenvalue weighted by Gasteiger charge is -2.24. The molecule has 1 aliphatic heterocycles. The maximum Gasteiger partial charge on any atom is 0.233 e. The van der Waals surface area contributed by atoms with E-state index in [1.54, 1.807) is 11.3 Å². The van der Waals surface area contributed by atoms with Gasteiger partial charge in [0.25, 0.3) is 0 Å². The first-order valence-corrected chi connectivity index (χ1v) is 7.69. The zero-order chi connectivity index (χ0) is 13.4. The van der Waals surface area contributed by atoms with Crippen molar-refractivity contribution in [2.45, 2.75) is 25.4 Å². The average molecular weight is 285 g/mol. The van der Waals surface area contributed by atoms with Crippen molar-refractivity contribution in [2.75, 3.05) is 6.54 Å². The van der Waals surface area contributed by atoms with Crippen molar-refractivity contribution in [3.63, 3.8) is 0 Å². The van der Waals surface area contributed by atoms with E-state index in [-0.39, 0.29) is 0 Å². The maximum absolute atomic E-state index is 4.30. The van der Waals surface area contributed by atoms with Crippen LogP contribution in [-0.4, -0.2) is 30.8 Å². The first kappa shape index (κ1) is 12.0. The minimum atomic E-state index is 0.441. The van der Waals surface area contributed by atoms with Gasteiger partial charge in [-0.3, -0.25) is 14.3 Å². The largest absolute Gasteiger partial charge is 0.290 e. The lowest BCUT2D eigenvalue weighted by atomic mass is 10.1. The summed E-state index contributed by atoms with van der Waals surface area (Å²) in [6.45, 7) is 2.12. The molecule has 6 heteroatoms. The van der Waals surface area contributed by atoms with Crippen LogP contribution in [0.5, 0.6) is 0 Å². The molecule has 3 aromatic rings. The van der Waals surface area contributed by atoms with Gasteiger partial charge in [-0.05, 0) is 25.5 Å². The van der Waals surface area contributed by atoms with Crippen LogP contribution in [0.2, 0.25) is 0 Å². The summed E-state index contributed by atoms with van der Waals surface area (Å²) in [6, 6.07) is 2.56. The summed E-state index contributed by atoms with van der Waals surface area (Å²) >= 11 is 1.73. The van der Waals surface area contributed by atoms with Gasteiger partial charge >= 0.3 is 0 Å². The number of likely N-dealkylation sites (tertiary alicyclic amines) is 1. The molecule has 102 valence electrons. The molecule has 1 fully saturated rings.